The van der Waals surface area contributed by atoms with E-state index in [0.717, 1.165) is 5.56 Å². The normalized spacial score (nSPS) is 11.7. The number of hydrogen-bond donors (Lipinski definition) is 1. The fraction of sp³-hybridized carbons (Fsp3) is 0.192. The molecule has 7 nitrogen and oxygen atoms in total. The van der Waals surface area contributed by atoms with Crippen molar-refractivity contribution in [3.05, 3.63) is 87.4 Å². The van der Waals surface area contributed by atoms with Crippen LogP contribution in [0.2, 0.25) is 10.0 Å². The van der Waals surface area contributed by atoms with Gasteiger partial charge in [0.1, 0.15) is 5.75 Å². The van der Waals surface area contributed by atoms with E-state index in [4.69, 9.17) is 37.4 Å². The van der Waals surface area contributed by atoms with Crippen LogP contribution in [0, 0.1) is 6.92 Å². The second kappa shape index (κ2) is 12.2. The van der Waals surface area contributed by atoms with Gasteiger partial charge in [-0.05, 0) is 67.4 Å². The molecule has 1 N–H and O–H groups in total. The van der Waals surface area contributed by atoms with Gasteiger partial charge in [-0.15, -0.1) is 0 Å². The number of carbonyl (C=O) groups is 2. The van der Waals surface area contributed by atoms with E-state index in [0.29, 0.717) is 39.1 Å². The van der Waals surface area contributed by atoms with E-state index in [-0.39, 0.29) is 5.75 Å². The molecule has 0 aliphatic heterocycles. The van der Waals surface area contributed by atoms with Crippen molar-refractivity contribution in [2.75, 3.05) is 7.11 Å². The van der Waals surface area contributed by atoms with E-state index in [2.05, 4.69) is 10.5 Å². The summed E-state index contributed by atoms with van der Waals surface area (Å²) in [6.45, 7) is 3.74. The molecule has 0 spiro atoms. The van der Waals surface area contributed by atoms with Crippen LogP contribution in [0.1, 0.15) is 34.8 Å². The van der Waals surface area contributed by atoms with E-state index in [1.807, 2.05) is 19.1 Å². The highest BCUT2D eigenvalue weighted by atomic mass is 35.5. The van der Waals surface area contributed by atoms with Gasteiger partial charge in [-0.1, -0.05) is 47.8 Å². The molecule has 0 heterocycles. The number of nitrogens with zero attached hydrogens (tertiary/aromatic N) is 1. The van der Waals surface area contributed by atoms with Crippen molar-refractivity contribution < 1.29 is 23.8 Å². The molecule has 0 saturated heterocycles. The summed E-state index contributed by atoms with van der Waals surface area (Å²) in [4.78, 5) is 24.9. The average Bonchev–Trinajstić information content (AvgIpc) is 2.84. The lowest BCUT2D eigenvalue weighted by atomic mass is 10.1. The van der Waals surface area contributed by atoms with E-state index in [1.54, 1.807) is 49.4 Å². The molecule has 1 atom stereocenters. The minimum absolute atomic E-state index is 0.263. The number of halogens is 2. The lowest BCUT2D eigenvalue weighted by Crippen LogP contribution is -2.35. The van der Waals surface area contributed by atoms with Crippen LogP contribution in [0.15, 0.2) is 65.8 Å². The van der Waals surface area contributed by atoms with Crippen LogP contribution in [-0.4, -0.2) is 31.3 Å². The second-order valence-corrected chi connectivity index (χ2v) is 8.33. The Labute approximate surface area is 213 Å². The molecule has 1 amide bonds. The van der Waals surface area contributed by atoms with E-state index >= 15 is 0 Å². The first-order valence-electron chi connectivity index (χ1n) is 10.7. The Morgan fingerprint density at radius 1 is 1.00 bits per heavy atom. The minimum Gasteiger partial charge on any atom is -0.493 e. The molecular weight excluding hydrogens is 491 g/mol. The summed E-state index contributed by atoms with van der Waals surface area (Å²) in [5, 5.41) is 4.76. The highest BCUT2D eigenvalue weighted by molar-refractivity contribution is 6.35. The van der Waals surface area contributed by atoms with Crippen LogP contribution in [0.25, 0.3) is 0 Å². The Hall–Kier alpha value is -3.55. The van der Waals surface area contributed by atoms with Crippen LogP contribution in [0.3, 0.4) is 0 Å². The number of esters is 1. The molecule has 35 heavy (non-hydrogen) atoms. The number of ether oxygens (including phenoxy) is 3. The Kier molecular flexibility index (Phi) is 9.11. The fourth-order valence-electron chi connectivity index (χ4n) is 2.99. The summed E-state index contributed by atoms with van der Waals surface area (Å²) in [5.74, 6) is 0.0164. The lowest BCUT2D eigenvalue weighted by molar-refractivity contribution is -0.128. The number of benzene rings is 3. The number of hydrazone groups is 1. The number of methoxy groups -OCH3 is 1. The Balaban J connectivity index is 1.63. The van der Waals surface area contributed by atoms with Gasteiger partial charge in [-0.25, -0.2) is 10.2 Å². The summed E-state index contributed by atoms with van der Waals surface area (Å²) < 4.78 is 16.5. The SMILES string of the molecule is CCC(Oc1ccc(Cl)cc1Cl)C(=O)NN=Cc1ccc(OC(=O)c2ccc(C)cc2)c(OC)c1. The predicted octanol–water partition coefficient (Wildman–Crippen LogP) is 5.84. The Morgan fingerprint density at radius 2 is 1.71 bits per heavy atom. The monoisotopic (exact) mass is 514 g/mol. The number of rotatable bonds is 9. The summed E-state index contributed by atoms with van der Waals surface area (Å²) in [6.07, 6.45) is 1.03. The van der Waals surface area contributed by atoms with Crippen LogP contribution >= 0.6 is 23.2 Å². The zero-order valence-corrected chi connectivity index (χ0v) is 20.9. The lowest BCUT2D eigenvalue weighted by Gasteiger charge is -2.16. The Morgan fingerprint density at radius 3 is 2.37 bits per heavy atom. The van der Waals surface area contributed by atoms with Crippen LogP contribution in [0.5, 0.6) is 17.2 Å². The molecule has 182 valence electrons. The number of aryl methyl sites for hydroxylation is 1. The maximum atomic E-state index is 12.5. The van der Waals surface area contributed by atoms with Gasteiger partial charge >= 0.3 is 5.97 Å². The second-order valence-electron chi connectivity index (χ2n) is 7.49. The molecule has 0 radical (unpaired) electrons. The van der Waals surface area contributed by atoms with Crippen molar-refractivity contribution >= 4 is 41.3 Å². The number of hydrogen-bond acceptors (Lipinski definition) is 6. The van der Waals surface area contributed by atoms with E-state index in [1.165, 1.54) is 19.4 Å². The first-order chi connectivity index (χ1) is 16.8. The van der Waals surface area contributed by atoms with E-state index < -0.39 is 18.0 Å². The Bertz CT molecular complexity index is 1230. The molecule has 3 aromatic rings. The molecule has 0 aromatic heterocycles. The molecule has 3 aromatic carbocycles. The molecule has 0 aliphatic carbocycles. The van der Waals surface area contributed by atoms with Crippen molar-refractivity contribution in [3.63, 3.8) is 0 Å². The fourth-order valence-corrected chi connectivity index (χ4v) is 3.44. The molecule has 0 saturated carbocycles. The van der Waals surface area contributed by atoms with Gasteiger partial charge in [0.15, 0.2) is 17.6 Å². The quantitative estimate of drug-likeness (QED) is 0.168. The number of carbonyl (C=O) groups excluding carboxylic acids is 2. The van der Waals surface area contributed by atoms with Crippen molar-refractivity contribution in [2.45, 2.75) is 26.4 Å². The van der Waals surface area contributed by atoms with Crippen molar-refractivity contribution in [1.29, 1.82) is 0 Å². The summed E-state index contributed by atoms with van der Waals surface area (Å²) in [6, 6.07) is 16.7. The van der Waals surface area contributed by atoms with Gasteiger partial charge in [-0.2, -0.15) is 5.10 Å². The van der Waals surface area contributed by atoms with Gasteiger partial charge in [0.05, 0.1) is 23.9 Å². The molecule has 0 aliphatic rings. The third-order valence-corrected chi connectivity index (χ3v) is 5.42. The highest BCUT2D eigenvalue weighted by Crippen LogP contribution is 2.29. The third-order valence-electron chi connectivity index (χ3n) is 4.89. The van der Waals surface area contributed by atoms with Crippen molar-refractivity contribution in [2.24, 2.45) is 5.10 Å². The first kappa shape index (κ1) is 26.1. The largest absolute Gasteiger partial charge is 0.493 e. The molecule has 1 unspecified atom stereocenters. The third kappa shape index (κ3) is 7.21. The highest BCUT2D eigenvalue weighted by Gasteiger charge is 2.19. The van der Waals surface area contributed by atoms with Crippen LogP contribution in [-0.2, 0) is 4.79 Å². The van der Waals surface area contributed by atoms with Crippen LogP contribution < -0.4 is 19.6 Å². The molecule has 3 rings (SSSR count). The maximum absolute atomic E-state index is 12.5. The average molecular weight is 515 g/mol. The summed E-state index contributed by atoms with van der Waals surface area (Å²) in [5.41, 5.74) is 4.54. The minimum atomic E-state index is -0.802. The van der Waals surface area contributed by atoms with Gasteiger partial charge in [0, 0.05) is 5.02 Å². The smallest absolute Gasteiger partial charge is 0.343 e. The summed E-state index contributed by atoms with van der Waals surface area (Å²) >= 11 is 12.0. The molecule has 9 heteroatoms. The molecular formula is C26H24Cl2N2O5. The van der Waals surface area contributed by atoms with Gasteiger partial charge in [0.2, 0.25) is 0 Å². The standard InChI is InChI=1S/C26H24Cl2N2O5/c1-4-21(34-22-12-10-19(27)14-20(22)28)25(31)30-29-15-17-7-11-23(24(13-17)33-3)35-26(32)18-8-5-16(2)6-9-18/h5-15,21H,4H2,1-3H3,(H,30,31). The van der Waals surface area contributed by atoms with Crippen molar-refractivity contribution in [1.82, 2.24) is 5.43 Å². The zero-order chi connectivity index (χ0) is 25.4. The maximum Gasteiger partial charge on any atom is 0.343 e. The number of amides is 1. The topological polar surface area (TPSA) is 86.2 Å². The van der Waals surface area contributed by atoms with Gasteiger partial charge in [-0.3, -0.25) is 4.79 Å². The van der Waals surface area contributed by atoms with Crippen LogP contribution in [0.4, 0.5) is 0 Å². The number of nitrogens with one attached hydrogen (secondary N) is 1. The predicted molar refractivity (Wildman–Crippen MR) is 136 cm³/mol. The first-order valence-corrected chi connectivity index (χ1v) is 11.5. The van der Waals surface area contributed by atoms with Gasteiger partial charge < -0.3 is 14.2 Å². The molecule has 0 bridgehead atoms. The molecule has 0 fully saturated rings. The van der Waals surface area contributed by atoms with Gasteiger partial charge in [0.25, 0.3) is 5.91 Å². The van der Waals surface area contributed by atoms with E-state index in [9.17, 15) is 9.59 Å². The zero-order valence-electron chi connectivity index (χ0n) is 19.4. The summed E-state index contributed by atoms with van der Waals surface area (Å²) in [7, 11) is 1.46. The van der Waals surface area contributed by atoms with Crippen molar-refractivity contribution in [3.8, 4) is 17.2 Å².